The highest BCUT2D eigenvalue weighted by Gasteiger charge is 2.34. The van der Waals surface area contributed by atoms with Crippen LogP contribution in [0.4, 0.5) is 5.69 Å². The molecule has 0 atom stereocenters. The highest BCUT2D eigenvalue weighted by atomic mass is 35.5. The Morgan fingerprint density at radius 1 is 1.16 bits per heavy atom. The van der Waals surface area contributed by atoms with Crippen LogP contribution in [0.5, 0.6) is 5.75 Å². The fraction of sp³-hybridized carbons (Fsp3) is 0.364. The fourth-order valence-corrected chi connectivity index (χ4v) is 4.28. The largest absolute Gasteiger partial charge is 0.379 e. The van der Waals surface area contributed by atoms with E-state index in [9.17, 15) is 18.0 Å². The van der Waals surface area contributed by atoms with Gasteiger partial charge in [-0.05, 0) is 55.3 Å². The SMILES string of the molecule is CC(=O)Nc1ccc(S(=O)(=O)Oc2ccc(Cl)cc2CN(C(=O)C(C)C)C2CC2)cc1. The fourth-order valence-electron chi connectivity index (χ4n) is 3.12. The van der Waals surface area contributed by atoms with Gasteiger partial charge in [0.1, 0.15) is 10.6 Å². The van der Waals surface area contributed by atoms with Gasteiger partial charge in [-0.15, -0.1) is 0 Å². The molecule has 7 nitrogen and oxygen atoms in total. The van der Waals surface area contributed by atoms with E-state index in [2.05, 4.69) is 5.32 Å². The number of nitrogens with zero attached hydrogens (tertiary/aromatic N) is 1. The summed E-state index contributed by atoms with van der Waals surface area (Å²) >= 11 is 6.14. The number of carbonyl (C=O) groups is 2. The van der Waals surface area contributed by atoms with Crippen molar-refractivity contribution in [3.8, 4) is 5.75 Å². The minimum atomic E-state index is -4.13. The van der Waals surface area contributed by atoms with Gasteiger partial charge in [0.15, 0.2) is 0 Å². The number of rotatable bonds is 8. The molecule has 0 aliphatic heterocycles. The smallest absolute Gasteiger partial charge is 0.339 e. The van der Waals surface area contributed by atoms with Crippen LogP contribution >= 0.6 is 11.6 Å². The molecular formula is C22H25ClN2O5S. The van der Waals surface area contributed by atoms with E-state index >= 15 is 0 Å². The molecule has 1 N–H and O–H groups in total. The monoisotopic (exact) mass is 464 g/mol. The number of benzene rings is 2. The van der Waals surface area contributed by atoms with Gasteiger partial charge >= 0.3 is 10.1 Å². The van der Waals surface area contributed by atoms with Gasteiger partial charge in [0.2, 0.25) is 11.8 Å². The van der Waals surface area contributed by atoms with Gasteiger partial charge in [0, 0.05) is 41.7 Å². The number of nitrogens with one attached hydrogen (secondary N) is 1. The minimum absolute atomic E-state index is 0.00448. The predicted molar refractivity (Wildman–Crippen MR) is 118 cm³/mol. The number of halogens is 1. The Morgan fingerprint density at radius 2 is 1.81 bits per heavy atom. The van der Waals surface area contributed by atoms with Gasteiger partial charge in [-0.1, -0.05) is 25.4 Å². The minimum Gasteiger partial charge on any atom is -0.379 e. The molecule has 0 aromatic heterocycles. The zero-order valence-corrected chi connectivity index (χ0v) is 19.2. The average molecular weight is 465 g/mol. The highest BCUT2D eigenvalue weighted by Crippen LogP contribution is 2.33. The summed E-state index contributed by atoms with van der Waals surface area (Å²) in [6.07, 6.45) is 1.85. The molecule has 1 fully saturated rings. The Kier molecular flexibility index (Phi) is 6.91. The molecule has 1 saturated carbocycles. The molecule has 0 bridgehead atoms. The van der Waals surface area contributed by atoms with Crippen molar-refractivity contribution in [2.24, 2.45) is 5.92 Å². The van der Waals surface area contributed by atoms with E-state index in [4.69, 9.17) is 15.8 Å². The molecule has 3 rings (SSSR count). The van der Waals surface area contributed by atoms with Crippen LogP contribution in [0.2, 0.25) is 5.02 Å². The Bertz CT molecular complexity index is 1080. The number of amides is 2. The van der Waals surface area contributed by atoms with Gasteiger partial charge in [-0.3, -0.25) is 9.59 Å². The van der Waals surface area contributed by atoms with E-state index in [1.165, 1.54) is 37.3 Å². The molecule has 31 heavy (non-hydrogen) atoms. The second-order valence-electron chi connectivity index (χ2n) is 7.85. The van der Waals surface area contributed by atoms with E-state index in [0.29, 0.717) is 16.3 Å². The second-order valence-corrected chi connectivity index (χ2v) is 9.83. The number of hydrogen-bond donors (Lipinski definition) is 1. The van der Waals surface area contributed by atoms with E-state index in [0.717, 1.165) is 12.8 Å². The van der Waals surface area contributed by atoms with Crippen LogP contribution < -0.4 is 9.50 Å². The molecule has 2 aromatic carbocycles. The van der Waals surface area contributed by atoms with Crippen molar-refractivity contribution in [3.05, 3.63) is 53.1 Å². The van der Waals surface area contributed by atoms with E-state index in [1.807, 2.05) is 13.8 Å². The molecule has 2 aromatic rings. The van der Waals surface area contributed by atoms with E-state index < -0.39 is 10.1 Å². The molecule has 0 heterocycles. The average Bonchev–Trinajstić information content (AvgIpc) is 3.52. The first-order chi connectivity index (χ1) is 14.6. The van der Waals surface area contributed by atoms with Crippen molar-refractivity contribution in [3.63, 3.8) is 0 Å². The topological polar surface area (TPSA) is 92.8 Å². The third kappa shape index (κ3) is 5.98. The lowest BCUT2D eigenvalue weighted by Crippen LogP contribution is -2.35. The van der Waals surface area contributed by atoms with Crippen LogP contribution in [0.15, 0.2) is 47.4 Å². The zero-order valence-electron chi connectivity index (χ0n) is 17.6. The summed E-state index contributed by atoms with van der Waals surface area (Å²) in [6.45, 7) is 5.25. The van der Waals surface area contributed by atoms with Crippen molar-refractivity contribution in [1.29, 1.82) is 0 Å². The Labute approximate surface area is 187 Å². The Balaban J connectivity index is 1.86. The number of anilines is 1. The summed E-state index contributed by atoms with van der Waals surface area (Å²) in [5.41, 5.74) is 0.998. The van der Waals surface area contributed by atoms with Gasteiger partial charge in [-0.25, -0.2) is 0 Å². The summed E-state index contributed by atoms with van der Waals surface area (Å²) in [5.74, 6) is -0.300. The maximum absolute atomic E-state index is 12.8. The van der Waals surface area contributed by atoms with Crippen LogP contribution in [-0.4, -0.2) is 31.2 Å². The third-order valence-corrected chi connectivity index (χ3v) is 6.27. The van der Waals surface area contributed by atoms with E-state index in [-0.39, 0.29) is 41.0 Å². The van der Waals surface area contributed by atoms with Crippen molar-refractivity contribution >= 4 is 39.2 Å². The van der Waals surface area contributed by atoms with Crippen LogP contribution in [0.25, 0.3) is 0 Å². The second kappa shape index (κ2) is 9.28. The quantitative estimate of drug-likeness (QED) is 0.590. The molecule has 0 saturated heterocycles. The summed E-state index contributed by atoms with van der Waals surface area (Å²) in [6, 6.07) is 10.5. The van der Waals surface area contributed by atoms with Gasteiger partial charge < -0.3 is 14.4 Å². The summed E-state index contributed by atoms with van der Waals surface area (Å²) < 4.78 is 31.1. The first-order valence-electron chi connectivity index (χ1n) is 9.98. The lowest BCUT2D eigenvalue weighted by molar-refractivity contribution is -0.135. The van der Waals surface area contributed by atoms with Crippen molar-refractivity contribution in [2.75, 3.05) is 5.32 Å². The van der Waals surface area contributed by atoms with Crippen molar-refractivity contribution in [1.82, 2.24) is 4.90 Å². The first-order valence-corrected chi connectivity index (χ1v) is 11.8. The van der Waals surface area contributed by atoms with Crippen molar-refractivity contribution < 1.29 is 22.2 Å². The molecule has 0 unspecified atom stereocenters. The molecule has 9 heteroatoms. The highest BCUT2D eigenvalue weighted by molar-refractivity contribution is 7.87. The molecule has 166 valence electrons. The normalized spacial score (nSPS) is 13.7. The molecule has 1 aliphatic carbocycles. The summed E-state index contributed by atoms with van der Waals surface area (Å²) in [7, 11) is -4.13. The Morgan fingerprint density at radius 3 is 2.35 bits per heavy atom. The van der Waals surface area contributed by atoms with E-state index in [1.54, 1.807) is 17.0 Å². The number of hydrogen-bond acceptors (Lipinski definition) is 5. The lowest BCUT2D eigenvalue weighted by Gasteiger charge is -2.25. The molecule has 0 spiro atoms. The number of carbonyl (C=O) groups excluding carboxylic acids is 2. The van der Waals surface area contributed by atoms with Crippen LogP contribution in [0.1, 0.15) is 39.2 Å². The van der Waals surface area contributed by atoms with Crippen LogP contribution in [-0.2, 0) is 26.3 Å². The molecule has 0 radical (unpaired) electrons. The first kappa shape index (κ1) is 23.1. The van der Waals surface area contributed by atoms with Gasteiger partial charge in [0.25, 0.3) is 0 Å². The Hall–Kier alpha value is -2.58. The molecular weight excluding hydrogens is 440 g/mol. The van der Waals surface area contributed by atoms with Gasteiger partial charge in [-0.2, -0.15) is 8.42 Å². The third-order valence-electron chi connectivity index (χ3n) is 4.79. The van der Waals surface area contributed by atoms with Crippen molar-refractivity contribution in [2.45, 2.75) is 51.1 Å². The standard InChI is InChI=1S/C22H25ClN2O5S/c1-14(2)22(27)25(19-7-8-19)13-16-12-17(23)4-11-21(16)30-31(28,29)20-9-5-18(6-10-20)24-15(3)26/h4-6,9-12,14,19H,7-8,13H2,1-3H3,(H,24,26). The van der Waals surface area contributed by atoms with Crippen LogP contribution in [0.3, 0.4) is 0 Å². The van der Waals surface area contributed by atoms with Crippen LogP contribution in [0, 0.1) is 5.92 Å². The molecule has 2 amide bonds. The molecule has 1 aliphatic rings. The summed E-state index contributed by atoms with van der Waals surface area (Å²) in [5, 5.41) is 3.00. The maximum Gasteiger partial charge on any atom is 0.339 e. The summed E-state index contributed by atoms with van der Waals surface area (Å²) in [4.78, 5) is 25.5. The predicted octanol–water partition coefficient (Wildman–Crippen LogP) is 4.21. The maximum atomic E-state index is 12.8. The van der Waals surface area contributed by atoms with Gasteiger partial charge in [0.05, 0.1) is 0 Å². The zero-order chi connectivity index (χ0) is 22.8. The lowest BCUT2D eigenvalue weighted by atomic mass is 10.1.